The molecule has 1 heterocycles. The summed E-state index contributed by atoms with van der Waals surface area (Å²) >= 11 is 0. The van der Waals surface area contributed by atoms with Crippen LogP contribution in [0.4, 0.5) is 23.2 Å². The molecule has 0 unspecified atom stereocenters. The minimum Gasteiger partial charge on any atom is -0.504 e. The number of allylic oxidation sites excluding steroid dienone is 1. The zero-order valence-corrected chi connectivity index (χ0v) is 16.4. The summed E-state index contributed by atoms with van der Waals surface area (Å²) in [6, 6.07) is 6.68. The Kier molecular flexibility index (Phi) is 7.06. The number of alkyl halides is 3. The van der Waals surface area contributed by atoms with Gasteiger partial charge in [0.2, 0.25) is 16.9 Å². The van der Waals surface area contributed by atoms with Crippen LogP contribution >= 0.6 is 0 Å². The summed E-state index contributed by atoms with van der Waals surface area (Å²) in [7, 11) is 0. The van der Waals surface area contributed by atoms with Gasteiger partial charge in [-0.05, 0) is 36.4 Å². The first kappa shape index (κ1) is 23.5. The van der Waals surface area contributed by atoms with E-state index in [4.69, 9.17) is 10.2 Å². The second-order valence-corrected chi connectivity index (χ2v) is 5.80. The van der Waals surface area contributed by atoms with Crippen molar-refractivity contribution in [1.82, 2.24) is 0 Å². The number of fused-ring (bicyclic) bond motifs is 1. The summed E-state index contributed by atoms with van der Waals surface area (Å²) in [5, 5.41) is 18.9. The fourth-order valence-electron chi connectivity index (χ4n) is 2.56. The van der Waals surface area contributed by atoms with Crippen LogP contribution in [0.2, 0.25) is 0 Å². The molecule has 6 nitrogen and oxygen atoms in total. The van der Waals surface area contributed by atoms with Crippen LogP contribution < -0.4 is 11.2 Å². The normalized spacial score (nSPS) is 12.1. The Morgan fingerprint density at radius 3 is 2.26 bits per heavy atom. The van der Waals surface area contributed by atoms with Gasteiger partial charge in [-0.2, -0.15) is 13.2 Å². The molecule has 164 valence electrons. The first-order chi connectivity index (χ1) is 14.6. The average Bonchev–Trinajstić information content (AvgIpc) is 2.74. The standard InChI is InChI=1S/C19H12F4N2O4.C2H6/c20-10-1-3-11(4-2-10)25-8-9(7-24)14-15(27)12-5-6-13(26)16(28)17(12)29-18(14)19(21,22)23;1-2/h1-8,26,28H,24H2;1-2H3/b9-7+,25-8?;. The van der Waals surface area contributed by atoms with Crippen molar-refractivity contribution in [3.63, 3.8) is 0 Å². The Labute approximate surface area is 173 Å². The van der Waals surface area contributed by atoms with Crippen molar-refractivity contribution in [3.8, 4) is 11.5 Å². The predicted molar refractivity (Wildman–Crippen MR) is 109 cm³/mol. The number of aliphatic imine (C=N–C) groups is 1. The molecule has 4 N–H and O–H groups in total. The van der Waals surface area contributed by atoms with Crippen molar-refractivity contribution in [3.05, 3.63) is 70.0 Å². The smallest absolute Gasteiger partial charge is 0.450 e. The molecule has 0 aliphatic carbocycles. The van der Waals surface area contributed by atoms with Crippen molar-refractivity contribution in [2.24, 2.45) is 10.7 Å². The molecule has 2 aromatic carbocycles. The van der Waals surface area contributed by atoms with Gasteiger partial charge in [0.05, 0.1) is 16.6 Å². The van der Waals surface area contributed by atoms with Crippen LogP contribution in [0.5, 0.6) is 11.5 Å². The summed E-state index contributed by atoms with van der Waals surface area (Å²) in [5.41, 5.74) is 2.32. The zero-order chi connectivity index (χ0) is 23.3. The Bertz CT molecular complexity index is 1200. The van der Waals surface area contributed by atoms with E-state index in [1.807, 2.05) is 13.8 Å². The summed E-state index contributed by atoms with van der Waals surface area (Å²) in [5.74, 6) is -4.02. The molecule has 0 radical (unpaired) electrons. The van der Waals surface area contributed by atoms with Crippen LogP contribution in [0.15, 0.2) is 56.8 Å². The maximum Gasteiger partial charge on any atom is 0.450 e. The molecule has 0 saturated heterocycles. The molecule has 3 aromatic rings. The van der Waals surface area contributed by atoms with E-state index in [-0.39, 0.29) is 5.69 Å². The number of benzene rings is 2. The van der Waals surface area contributed by atoms with Crippen molar-refractivity contribution >= 4 is 28.4 Å². The van der Waals surface area contributed by atoms with E-state index in [0.29, 0.717) is 0 Å². The van der Waals surface area contributed by atoms with Gasteiger partial charge in [0, 0.05) is 18.0 Å². The molecule has 10 heteroatoms. The van der Waals surface area contributed by atoms with Gasteiger partial charge >= 0.3 is 6.18 Å². The Hall–Kier alpha value is -3.82. The van der Waals surface area contributed by atoms with Crippen LogP contribution in [0.25, 0.3) is 16.5 Å². The van der Waals surface area contributed by atoms with Crippen LogP contribution in [-0.4, -0.2) is 16.4 Å². The lowest BCUT2D eigenvalue weighted by Gasteiger charge is -2.13. The predicted octanol–water partition coefficient (Wildman–Crippen LogP) is 5.09. The van der Waals surface area contributed by atoms with Gasteiger partial charge in [0.1, 0.15) is 5.82 Å². The van der Waals surface area contributed by atoms with E-state index in [2.05, 4.69) is 4.99 Å². The summed E-state index contributed by atoms with van der Waals surface area (Å²) < 4.78 is 58.4. The zero-order valence-electron chi connectivity index (χ0n) is 16.4. The lowest BCUT2D eigenvalue weighted by atomic mass is 10.0. The highest BCUT2D eigenvalue weighted by Gasteiger charge is 2.40. The van der Waals surface area contributed by atoms with Crippen LogP contribution in [0.3, 0.4) is 0 Å². The third-order valence-corrected chi connectivity index (χ3v) is 3.92. The van der Waals surface area contributed by atoms with E-state index in [1.54, 1.807) is 0 Å². The highest BCUT2D eigenvalue weighted by atomic mass is 19.4. The number of halogens is 4. The second kappa shape index (κ2) is 9.33. The van der Waals surface area contributed by atoms with E-state index in [0.717, 1.165) is 36.7 Å². The number of phenols is 2. The number of nitrogens with two attached hydrogens (primary N) is 1. The minimum atomic E-state index is -5.13. The number of phenolic OH excluding ortho intramolecular Hbond substituents is 2. The fourth-order valence-corrected chi connectivity index (χ4v) is 2.56. The average molecular weight is 438 g/mol. The molecule has 0 saturated carbocycles. The van der Waals surface area contributed by atoms with E-state index < -0.39 is 56.8 Å². The molecule has 1 aromatic heterocycles. The molecule has 0 aliphatic rings. The monoisotopic (exact) mass is 438 g/mol. The molecule has 0 amide bonds. The number of nitrogens with zero attached hydrogens (tertiary/aromatic N) is 1. The maximum absolute atomic E-state index is 13.6. The number of rotatable bonds is 3. The Morgan fingerprint density at radius 2 is 1.71 bits per heavy atom. The van der Waals surface area contributed by atoms with Crippen molar-refractivity contribution in [2.75, 3.05) is 0 Å². The first-order valence-electron chi connectivity index (χ1n) is 8.94. The largest absolute Gasteiger partial charge is 0.504 e. The van der Waals surface area contributed by atoms with Gasteiger partial charge in [-0.1, -0.05) is 13.8 Å². The maximum atomic E-state index is 13.6. The van der Waals surface area contributed by atoms with Crippen molar-refractivity contribution in [1.29, 1.82) is 0 Å². The third kappa shape index (κ3) is 4.85. The lowest BCUT2D eigenvalue weighted by molar-refractivity contribution is -0.153. The molecule has 0 spiro atoms. The molecule has 0 aliphatic heterocycles. The summed E-state index contributed by atoms with van der Waals surface area (Å²) in [6.45, 7) is 4.00. The first-order valence-corrected chi connectivity index (χ1v) is 8.94. The lowest BCUT2D eigenvalue weighted by Crippen LogP contribution is -2.19. The SMILES string of the molecule is CC.N/C=C(\C=Nc1ccc(F)cc1)c1c(C(F)(F)F)oc2c(O)c(O)ccc2c1=O. The Morgan fingerprint density at radius 1 is 1.10 bits per heavy atom. The summed E-state index contributed by atoms with van der Waals surface area (Å²) in [4.78, 5) is 16.6. The molecule has 0 fully saturated rings. The summed E-state index contributed by atoms with van der Waals surface area (Å²) in [6.07, 6.45) is -3.49. The number of hydrogen-bond donors (Lipinski definition) is 3. The quantitative estimate of drug-likeness (QED) is 0.300. The molecular weight excluding hydrogens is 420 g/mol. The highest BCUT2D eigenvalue weighted by Crippen LogP contribution is 2.39. The number of hydrogen-bond acceptors (Lipinski definition) is 6. The van der Waals surface area contributed by atoms with Crippen molar-refractivity contribution < 1.29 is 32.2 Å². The molecular formula is C21H18F4N2O4. The second-order valence-electron chi connectivity index (χ2n) is 5.80. The van der Waals surface area contributed by atoms with E-state index >= 15 is 0 Å². The van der Waals surface area contributed by atoms with Crippen LogP contribution in [-0.2, 0) is 6.18 Å². The molecule has 31 heavy (non-hydrogen) atoms. The van der Waals surface area contributed by atoms with Gasteiger partial charge in [0.15, 0.2) is 11.3 Å². The molecule has 0 atom stereocenters. The molecule has 3 rings (SSSR count). The van der Waals surface area contributed by atoms with Crippen molar-refractivity contribution in [2.45, 2.75) is 20.0 Å². The number of aromatic hydroxyl groups is 2. The fraction of sp³-hybridized carbons (Fsp3) is 0.143. The topological polar surface area (TPSA) is 109 Å². The van der Waals surface area contributed by atoms with Gasteiger partial charge in [-0.15, -0.1) is 0 Å². The minimum absolute atomic E-state index is 0.201. The molecule has 0 bridgehead atoms. The van der Waals surface area contributed by atoms with E-state index in [1.165, 1.54) is 12.1 Å². The Balaban J connectivity index is 0.00000166. The van der Waals surface area contributed by atoms with Gasteiger partial charge in [-0.3, -0.25) is 9.79 Å². The van der Waals surface area contributed by atoms with Gasteiger partial charge < -0.3 is 20.4 Å². The van der Waals surface area contributed by atoms with Gasteiger partial charge in [-0.25, -0.2) is 4.39 Å². The van der Waals surface area contributed by atoms with Gasteiger partial charge in [0.25, 0.3) is 0 Å². The highest BCUT2D eigenvalue weighted by molar-refractivity contribution is 6.11. The van der Waals surface area contributed by atoms with Crippen LogP contribution in [0, 0.1) is 5.82 Å². The van der Waals surface area contributed by atoms with E-state index in [9.17, 15) is 32.6 Å². The third-order valence-electron chi connectivity index (χ3n) is 3.92. The van der Waals surface area contributed by atoms with Crippen LogP contribution in [0.1, 0.15) is 25.2 Å².